The summed E-state index contributed by atoms with van der Waals surface area (Å²) >= 11 is 0. The van der Waals surface area contributed by atoms with Crippen molar-refractivity contribution < 1.29 is 19.1 Å². The lowest BCUT2D eigenvalue weighted by atomic mass is 9.98. The van der Waals surface area contributed by atoms with Crippen LogP contribution in [0.1, 0.15) is 58.5 Å². The van der Waals surface area contributed by atoms with E-state index in [9.17, 15) is 9.59 Å². The Labute approximate surface area is 184 Å². The van der Waals surface area contributed by atoms with Crippen molar-refractivity contribution in [2.45, 2.75) is 39.5 Å². The second kappa shape index (κ2) is 10.3. The zero-order valence-electron chi connectivity index (χ0n) is 18.6. The van der Waals surface area contributed by atoms with Gasteiger partial charge in [0.2, 0.25) is 5.91 Å². The third-order valence-electron chi connectivity index (χ3n) is 5.54. The first kappa shape index (κ1) is 22.7. The molecule has 3 rings (SSSR count). The van der Waals surface area contributed by atoms with E-state index in [1.807, 2.05) is 37.4 Å². The van der Waals surface area contributed by atoms with Gasteiger partial charge in [-0.2, -0.15) is 0 Å². The lowest BCUT2D eigenvalue weighted by Gasteiger charge is -2.25. The van der Waals surface area contributed by atoms with Crippen molar-refractivity contribution in [1.82, 2.24) is 4.90 Å². The second-order valence-electron chi connectivity index (χ2n) is 8.46. The highest BCUT2D eigenvalue weighted by atomic mass is 16.5. The van der Waals surface area contributed by atoms with Gasteiger partial charge in [0.15, 0.2) is 0 Å². The van der Waals surface area contributed by atoms with E-state index < -0.39 is 5.91 Å². The normalized spacial score (nSPS) is 13.3. The number of fused-ring (bicyclic) bond motifs is 1. The molecule has 2 aromatic carbocycles. The second-order valence-corrected chi connectivity index (χ2v) is 8.46. The van der Waals surface area contributed by atoms with E-state index in [1.165, 1.54) is 0 Å². The Morgan fingerprint density at radius 1 is 1.10 bits per heavy atom. The van der Waals surface area contributed by atoms with Crippen LogP contribution in [0.3, 0.4) is 0 Å². The first-order valence-corrected chi connectivity index (χ1v) is 10.9. The quantitative estimate of drug-likeness (QED) is 0.588. The predicted molar refractivity (Wildman–Crippen MR) is 121 cm³/mol. The fourth-order valence-corrected chi connectivity index (χ4v) is 3.63. The Morgan fingerprint density at radius 3 is 2.45 bits per heavy atom. The highest BCUT2D eigenvalue weighted by molar-refractivity contribution is 5.97. The first-order chi connectivity index (χ1) is 14.8. The lowest BCUT2D eigenvalue weighted by molar-refractivity contribution is 0.0780. The summed E-state index contributed by atoms with van der Waals surface area (Å²) in [5.41, 5.74) is 8.84. The molecule has 0 fully saturated rings. The first-order valence-electron chi connectivity index (χ1n) is 10.9. The zero-order chi connectivity index (χ0) is 22.4. The standard InChI is InChI=1S/C25H32N2O4/c1-17(2)5-6-18-7-9-20(15-22(18)24(26)28)30-13-4-14-31-21-10-8-19-11-12-27(3)25(29)23(19)16-21/h7-10,15-17H,4-6,11-14H2,1-3H3,(H2,26,28). The van der Waals surface area contributed by atoms with Crippen LogP contribution in [0.25, 0.3) is 0 Å². The van der Waals surface area contributed by atoms with Crippen molar-refractivity contribution in [1.29, 1.82) is 0 Å². The minimum absolute atomic E-state index is 0.0390. The number of ether oxygens (including phenoxy) is 2. The third kappa shape index (κ3) is 6.00. The topological polar surface area (TPSA) is 81.9 Å². The molecule has 0 aromatic heterocycles. The SMILES string of the molecule is CC(C)CCc1ccc(OCCCOc2ccc3c(c2)C(=O)N(C)CC3)cc1C(N)=O. The number of hydrogen-bond acceptors (Lipinski definition) is 4. The van der Waals surface area contributed by atoms with Crippen LogP contribution in [0.4, 0.5) is 0 Å². The van der Waals surface area contributed by atoms with Crippen LogP contribution in [0.5, 0.6) is 11.5 Å². The summed E-state index contributed by atoms with van der Waals surface area (Å²) in [5.74, 6) is 1.49. The Morgan fingerprint density at radius 2 is 1.77 bits per heavy atom. The lowest BCUT2D eigenvalue weighted by Crippen LogP contribution is -2.34. The number of aryl methyl sites for hydroxylation is 1. The Bertz CT molecular complexity index is 939. The molecule has 0 bridgehead atoms. The number of rotatable bonds is 10. The van der Waals surface area contributed by atoms with Crippen molar-refractivity contribution in [3.05, 3.63) is 58.7 Å². The molecule has 1 aliphatic heterocycles. The number of benzene rings is 2. The molecule has 0 unspecified atom stereocenters. The van der Waals surface area contributed by atoms with Crippen molar-refractivity contribution in [2.75, 3.05) is 26.8 Å². The van der Waals surface area contributed by atoms with Gasteiger partial charge in [-0.15, -0.1) is 0 Å². The number of nitrogens with two attached hydrogens (primary N) is 1. The van der Waals surface area contributed by atoms with Gasteiger partial charge in [-0.05, 0) is 60.6 Å². The van der Waals surface area contributed by atoms with Crippen molar-refractivity contribution in [2.24, 2.45) is 11.7 Å². The molecule has 0 spiro atoms. The molecule has 0 atom stereocenters. The zero-order valence-corrected chi connectivity index (χ0v) is 18.6. The van der Waals surface area contributed by atoms with Gasteiger partial charge >= 0.3 is 0 Å². The highest BCUT2D eigenvalue weighted by Gasteiger charge is 2.21. The summed E-state index contributed by atoms with van der Waals surface area (Å²) in [5, 5.41) is 0. The number of carbonyl (C=O) groups is 2. The monoisotopic (exact) mass is 424 g/mol. The van der Waals surface area contributed by atoms with Crippen LogP contribution in [0.15, 0.2) is 36.4 Å². The molecule has 0 aliphatic carbocycles. The van der Waals surface area contributed by atoms with E-state index in [4.69, 9.17) is 15.2 Å². The van der Waals surface area contributed by atoms with E-state index in [0.717, 1.165) is 42.5 Å². The molecule has 2 amide bonds. The Balaban J connectivity index is 1.49. The molecule has 6 nitrogen and oxygen atoms in total. The molecule has 1 heterocycles. The maximum Gasteiger partial charge on any atom is 0.254 e. The largest absolute Gasteiger partial charge is 0.493 e. The van der Waals surface area contributed by atoms with E-state index in [2.05, 4.69) is 13.8 Å². The van der Waals surface area contributed by atoms with Crippen LogP contribution >= 0.6 is 0 Å². The summed E-state index contributed by atoms with van der Waals surface area (Å²) in [6, 6.07) is 11.2. The van der Waals surface area contributed by atoms with E-state index in [0.29, 0.717) is 42.6 Å². The Hall–Kier alpha value is -3.02. The van der Waals surface area contributed by atoms with Gasteiger partial charge in [0, 0.05) is 31.1 Å². The molecule has 2 aromatic rings. The van der Waals surface area contributed by atoms with Crippen LogP contribution in [-0.2, 0) is 12.8 Å². The van der Waals surface area contributed by atoms with Gasteiger partial charge in [0.05, 0.1) is 13.2 Å². The van der Waals surface area contributed by atoms with E-state index in [-0.39, 0.29) is 5.91 Å². The molecule has 1 aliphatic rings. The van der Waals surface area contributed by atoms with Gasteiger partial charge in [0.1, 0.15) is 11.5 Å². The van der Waals surface area contributed by atoms with Crippen LogP contribution < -0.4 is 15.2 Å². The van der Waals surface area contributed by atoms with Crippen molar-refractivity contribution in [3.63, 3.8) is 0 Å². The number of primary amides is 1. The van der Waals surface area contributed by atoms with Crippen LogP contribution in [0, 0.1) is 5.92 Å². The van der Waals surface area contributed by atoms with Gasteiger partial charge in [0.25, 0.3) is 5.91 Å². The minimum Gasteiger partial charge on any atom is -0.493 e. The number of amides is 2. The third-order valence-corrected chi connectivity index (χ3v) is 5.54. The molecule has 6 heteroatoms. The van der Waals surface area contributed by atoms with Gasteiger partial charge in [-0.1, -0.05) is 26.0 Å². The summed E-state index contributed by atoms with van der Waals surface area (Å²) < 4.78 is 11.6. The van der Waals surface area contributed by atoms with Crippen molar-refractivity contribution >= 4 is 11.8 Å². The van der Waals surface area contributed by atoms with Gasteiger partial charge in [-0.3, -0.25) is 9.59 Å². The van der Waals surface area contributed by atoms with Gasteiger partial charge in [-0.25, -0.2) is 0 Å². The maximum absolute atomic E-state index is 12.3. The summed E-state index contributed by atoms with van der Waals surface area (Å²) in [6.07, 6.45) is 3.37. The molecule has 0 radical (unpaired) electrons. The molecular weight excluding hydrogens is 392 g/mol. The summed E-state index contributed by atoms with van der Waals surface area (Å²) in [4.78, 5) is 25.8. The number of hydrogen-bond donors (Lipinski definition) is 1. The maximum atomic E-state index is 12.3. The molecule has 2 N–H and O–H groups in total. The molecule has 166 valence electrons. The van der Waals surface area contributed by atoms with Crippen LogP contribution in [-0.4, -0.2) is 43.5 Å². The molecule has 0 saturated carbocycles. The number of likely N-dealkylation sites (N-methyl/N-ethyl adjacent to an activating group) is 1. The minimum atomic E-state index is -0.430. The van der Waals surface area contributed by atoms with E-state index >= 15 is 0 Å². The smallest absolute Gasteiger partial charge is 0.254 e. The predicted octanol–water partition coefficient (Wildman–Crippen LogP) is 3.85. The number of carbonyl (C=O) groups excluding carboxylic acids is 2. The number of nitrogens with zero attached hydrogens (tertiary/aromatic N) is 1. The molecular formula is C25H32N2O4. The molecule has 0 saturated heterocycles. The van der Waals surface area contributed by atoms with Crippen LogP contribution in [0.2, 0.25) is 0 Å². The highest BCUT2D eigenvalue weighted by Crippen LogP contribution is 2.24. The van der Waals surface area contributed by atoms with Crippen molar-refractivity contribution in [3.8, 4) is 11.5 Å². The fraction of sp³-hybridized carbons (Fsp3) is 0.440. The van der Waals surface area contributed by atoms with Gasteiger partial charge < -0.3 is 20.1 Å². The Kier molecular flexibility index (Phi) is 7.55. The summed E-state index contributed by atoms with van der Waals surface area (Å²) in [7, 11) is 1.82. The summed E-state index contributed by atoms with van der Waals surface area (Å²) in [6.45, 7) is 5.99. The fourth-order valence-electron chi connectivity index (χ4n) is 3.63. The average molecular weight is 425 g/mol. The van der Waals surface area contributed by atoms with E-state index in [1.54, 1.807) is 11.0 Å². The molecule has 31 heavy (non-hydrogen) atoms. The average Bonchev–Trinajstić information content (AvgIpc) is 2.75.